The quantitative estimate of drug-likeness (QED) is 0.649. The maximum absolute atomic E-state index is 12.9. The number of ether oxygens (including phenoxy) is 1. The Morgan fingerprint density at radius 2 is 1.77 bits per heavy atom. The van der Waals surface area contributed by atoms with Crippen molar-refractivity contribution < 1.29 is 17.9 Å². The Morgan fingerprint density at radius 3 is 2.50 bits per heavy atom. The number of para-hydroxylation sites is 2. The van der Waals surface area contributed by atoms with Gasteiger partial charge < -0.3 is 4.74 Å². The molecule has 6 heteroatoms. The van der Waals surface area contributed by atoms with Crippen molar-refractivity contribution in [1.82, 2.24) is 0 Å². The third-order valence-electron chi connectivity index (χ3n) is 2.84. The second-order valence-corrected chi connectivity index (χ2v) is 4.38. The summed E-state index contributed by atoms with van der Waals surface area (Å²) in [4.78, 5) is 0. The molecule has 0 aliphatic heterocycles. The van der Waals surface area contributed by atoms with Gasteiger partial charge in [0, 0.05) is 5.56 Å². The van der Waals surface area contributed by atoms with Crippen molar-refractivity contribution in [3.63, 3.8) is 0 Å². The summed E-state index contributed by atoms with van der Waals surface area (Å²) in [5, 5.41) is 3.87. The fraction of sp³-hybridized carbons (Fsp3) is 0.188. The molecular weight excluding hydrogens is 293 g/mol. The molecule has 2 aromatic carbocycles. The minimum absolute atomic E-state index is 0.0971. The van der Waals surface area contributed by atoms with Crippen molar-refractivity contribution in [3.8, 4) is 5.75 Å². The smallest absolute Gasteiger partial charge is 0.418 e. The van der Waals surface area contributed by atoms with Crippen LogP contribution in [0.25, 0.3) is 0 Å². The summed E-state index contributed by atoms with van der Waals surface area (Å²) < 4.78 is 44.0. The highest BCUT2D eigenvalue weighted by Gasteiger charge is 2.33. The standard InChI is InChI=1S/C16H15F3N2O/c1-2-22-15-10-6-3-7-12(15)11-20-21-14-9-5-4-8-13(14)16(17,18)19/h3-11,21H,2H2,1H3. The minimum atomic E-state index is -4.43. The van der Waals surface area contributed by atoms with Crippen molar-refractivity contribution in [2.45, 2.75) is 13.1 Å². The maximum atomic E-state index is 12.9. The Hall–Kier alpha value is -2.50. The van der Waals surface area contributed by atoms with Crippen LogP contribution in [0.3, 0.4) is 0 Å². The fourth-order valence-corrected chi connectivity index (χ4v) is 1.87. The van der Waals surface area contributed by atoms with E-state index in [9.17, 15) is 13.2 Å². The summed E-state index contributed by atoms with van der Waals surface area (Å²) in [5.41, 5.74) is 2.26. The largest absolute Gasteiger partial charge is 0.493 e. The lowest BCUT2D eigenvalue weighted by atomic mass is 10.2. The number of alkyl halides is 3. The molecule has 0 saturated carbocycles. The topological polar surface area (TPSA) is 33.6 Å². The first kappa shape index (κ1) is 15.9. The summed E-state index contributed by atoms with van der Waals surface area (Å²) in [7, 11) is 0. The number of halogens is 3. The van der Waals surface area contributed by atoms with Gasteiger partial charge >= 0.3 is 6.18 Å². The molecule has 0 atom stereocenters. The Labute approximate surface area is 126 Å². The summed E-state index contributed by atoms with van der Waals surface area (Å²) in [5.74, 6) is 0.625. The van der Waals surface area contributed by atoms with Gasteiger partial charge in [-0.05, 0) is 31.2 Å². The van der Waals surface area contributed by atoms with E-state index >= 15 is 0 Å². The molecule has 0 amide bonds. The van der Waals surface area contributed by atoms with Crippen molar-refractivity contribution in [2.24, 2.45) is 5.10 Å². The third-order valence-corrected chi connectivity index (χ3v) is 2.84. The Kier molecular flexibility index (Phi) is 5.04. The van der Waals surface area contributed by atoms with Gasteiger partial charge in [-0.1, -0.05) is 24.3 Å². The third kappa shape index (κ3) is 4.00. The first-order valence-electron chi connectivity index (χ1n) is 6.69. The maximum Gasteiger partial charge on any atom is 0.418 e. The zero-order valence-electron chi connectivity index (χ0n) is 11.9. The zero-order valence-corrected chi connectivity index (χ0v) is 11.9. The van der Waals surface area contributed by atoms with Gasteiger partial charge in [-0.25, -0.2) is 0 Å². The molecule has 22 heavy (non-hydrogen) atoms. The average molecular weight is 308 g/mol. The van der Waals surface area contributed by atoms with Crippen molar-refractivity contribution in [3.05, 3.63) is 59.7 Å². The van der Waals surface area contributed by atoms with Gasteiger partial charge in [-0.2, -0.15) is 18.3 Å². The monoisotopic (exact) mass is 308 g/mol. The minimum Gasteiger partial charge on any atom is -0.493 e. The van der Waals surface area contributed by atoms with Crippen LogP contribution in [0.1, 0.15) is 18.1 Å². The lowest BCUT2D eigenvalue weighted by Gasteiger charge is -2.11. The molecule has 0 fully saturated rings. The van der Waals surface area contributed by atoms with Crippen LogP contribution in [0.4, 0.5) is 18.9 Å². The first-order valence-corrected chi connectivity index (χ1v) is 6.69. The molecule has 0 heterocycles. The van der Waals surface area contributed by atoms with Crippen molar-refractivity contribution in [2.75, 3.05) is 12.0 Å². The van der Waals surface area contributed by atoms with Gasteiger partial charge in [0.2, 0.25) is 0 Å². The van der Waals surface area contributed by atoms with Crippen LogP contribution in [0.15, 0.2) is 53.6 Å². The van der Waals surface area contributed by atoms with Crippen LogP contribution in [0.2, 0.25) is 0 Å². The van der Waals surface area contributed by atoms with E-state index in [1.54, 1.807) is 18.2 Å². The molecule has 0 aliphatic rings. The Balaban J connectivity index is 2.17. The molecule has 0 radical (unpaired) electrons. The summed E-state index contributed by atoms with van der Waals surface area (Å²) in [6.45, 7) is 2.35. The molecule has 2 aromatic rings. The summed E-state index contributed by atoms with van der Waals surface area (Å²) >= 11 is 0. The van der Waals surface area contributed by atoms with Crippen LogP contribution < -0.4 is 10.2 Å². The highest BCUT2D eigenvalue weighted by Crippen LogP contribution is 2.34. The lowest BCUT2D eigenvalue weighted by molar-refractivity contribution is -0.136. The number of anilines is 1. The van der Waals surface area contributed by atoms with Crippen LogP contribution in [0, 0.1) is 0 Å². The van der Waals surface area contributed by atoms with Gasteiger partial charge in [0.05, 0.1) is 24.1 Å². The van der Waals surface area contributed by atoms with E-state index in [-0.39, 0.29) is 5.69 Å². The molecular formula is C16H15F3N2O. The van der Waals surface area contributed by atoms with E-state index in [0.29, 0.717) is 17.9 Å². The molecule has 2 rings (SSSR count). The van der Waals surface area contributed by atoms with E-state index in [1.165, 1.54) is 24.4 Å². The van der Waals surface area contributed by atoms with Crippen LogP contribution >= 0.6 is 0 Å². The Morgan fingerprint density at radius 1 is 1.09 bits per heavy atom. The number of hydrogen-bond donors (Lipinski definition) is 1. The van der Waals surface area contributed by atoms with Crippen LogP contribution in [0.5, 0.6) is 5.75 Å². The lowest BCUT2D eigenvalue weighted by Crippen LogP contribution is -2.08. The normalized spacial score (nSPS) is 11.6. The van der Waals surface area contributed by atoms with Gasteiger partial charge in [-0.15, -0.1) is 0 Å². The number of rotatable bonds is 5. The predicted octanol–water partition coefficient (Wildman–Crippen LogP) is 4.55. The number of nitrogens with zero attached hydrogens (tertiary/aromatic N) is 1. The molecule has 0 saturated heterocycles. The van der Waals surface area contributed by atoms with Gasteiger partial charge in [-0.3, -0.25) is 5.43 Å². The van der Waals surface area contributed by atoms with Gasteiger partial charge in [0.1, 0.15) is 5.75 Å². The summed E-state index contributed by atoms with van der Waals surface area (Å²) in [6.07, 6.45) is -3.00. The highest BCUT2D eigenvalue weighted by atomic mass is 19.4. The van der Waals surface area contributed by atoms with E-state index in [4.69, 9.17) is 4.74 Å². The predicted molar refractivity (Wildman–Crippen MR) is 80.3 cm³/mol. The molecule has 0 bridgehead atoms. The molecule has 116 valence electrons. The molecule has 0 unspecified atom stereocenters. The fourth-order valence-electron chi connectivity index (χ4n) is 1.87. The number of benzene rings is 2. The van der Waals surface area contributed by atoms with E-state index in [0.717, 1.165) is 6.07 Å². The van der Waals surface area contributed by atoms with Crippen molar-refractivity contribution in [1.29, 1.82) is 0 Å². The van der Waals surface area contributed by atoms with E-state index < -0.39 is 11.7 Å². The molecule has 0 aromatic heterocycles. The number of hydrazone groups is 1. The van der Waals surface area contributed by atoms with Crippen molar-refractivity contribution >= 4 is 11.9 Å². The van der Waals surface area contributed by atoms with E-state index in [2.05, 4.69) is 10.5 Å². The van der Waals surface area contributed by atoms with Gasteiger partial charge in [0.15, 0.2) is 0 Å². The number of hydrogen-bond acceptors (Lipinski definition) is 3. The second-order valence-electron chi connectivity index (χ2n) is 4.38. The summed E-state index contributed by atoms with van der Waals surface area (Å²) in [6, 6.07) is 12.3. The molecule has 0 spiro atoms. The molecule has 1 N–H and O–H groups in total. The van der Waals surface area contributed by atoms with Gasteiger partial charge in [0.25, 0.3) is 0 Å². The number of nitrogens with one attached hydrogen (secondary N) is 1. The SMILES string of the molecule is CCOc1ccccc1C=NNc1ccccc1C(F)(F)F. The molecule has 3 nitrogen and oxygen atoms in total. The first-order chi connectivity index (χ1) is 10.5. The van der Waals surface area contributed by atoms with Crippen LogP contribution in [-0.4, -0.2) is 12.8 Å². The van der Waals surface area contributed by atoms with E-state index in [1.807, 2.05) is 13.0 Å². The Bertz CT molecular complexity index is 654. The zero-order chi connectivity index (χ0) is 16.0. The molecule has 0 aliphatic carbocycles. The average Bonchev–Trinajstić information content (AvgIpc) is 2.49. The second kappa shape index (κ2) is 6.98. The highest BCUT2D eigenvalue weighted by molar-refractivity contribution is 5.84. The van der Waals surface area contributed by atoms with Crippen LogP contribution in [-0.2, 0) is 6.18 Å².